The number of nitro groups is 1. The highest BCUT2D eigenvalue weighted by molar-refractivity contribution is 5.96. The maximum absolute atomic E-state index is 12.4. The third-order valence-corrected chi connectivity index (χ3v) is 3.49. The standard InChI is InChI=1S/C13H17N3O3.ClH/c1-9-2-3-11(16(18)19)8-12(9)13(17)15-6-4-10(14)5-7-15;/h2-3,8,10H,4-7,14H2,1H3;1H. The summed E-state index contributed by atoms with van der Waals surface area (Å²) in [6.07, 6.45) is 1.55. The molecular weight excluding hydrogens is 282 g/mol. The van der Waals surface area contributed by atoms with Crippen molar-refractivity contribution in [2.75, 3.05) is 13.1 Å². The molecule has 1 aliphatic heterocycles. The van der Waals surface area contributed by atoms with Gasteiger partial charge in [0.2, 0.25) is 0 Å². The maximum Gasteiger partial charge on any atom is 0.270 e. The number of rotatable bonds is 2. The van der Waals surface area contributed by atoms with E-state index in [9.17, 15) is 14.9 Å². The molecule has 1 amide bonds. The molecule has 1 saturated heterocycles. The topological polar surface area (TPSA) is 89.5 Å². The number of non-ortho nitro benzene ring substituents is 1. The number of halogens is 1. The van der Waals surface area contributed by atoms with Gasteiger partial charge < -0.3 is 10.6 Å². The van der Waals surface area contributed by atoms with Crippen LogP contribution in [0.5, 0.6) is 0 Å². The number of hydrogen-bond acceptors (Lipinski definition) is 4. The third-order valence-electron chi connectivity index (χ3n) is 3.49. The molecule has 0 spiro atoms. The SMILES string of the molecule is Cc1ccc([N+](=O)[O-])cc1C(=O)N1CCC(N)CC1.Cl. The van der Waals surface area contributed by atoms with Crippen LogP contribution in [0.1, 0.15) is 28.8 Å². The molecule has 110 valence electrons. The summed E-state index contributed by atoms with van der Waals surface area (Å²) in [7, 11) is 0. The molecule has 2 rings (SSSR count). The lowest BCUT2D eigenvalue weighted by molar-refractivity contribution is -0.384. The number of aryl methyl sites for hydroxylation is 1. The van der Waals surface area contributed by atoms with E-state index in [-0.39, 0.29) is 30.0 Å². The minimum Gasteiger partial charge on any atom is -0.339 e. The Morgan fingerprint density at radius 2 is 2.00 bits per heavy atom. The summed E-state index contributed by atoms with van der Waals surface area (Å²) in [5.41, 5.74) is 6.91. The van der Waals surface area contributed by atoms with Crippen LogP contribution >= 0.6 is 12.4 Å². The molecule has 0 aromatic heterocycles. The van der Waals surface area contributed by atoms with Gasteiger partial charge >= 0.3 is 0 Å². The van der Waals surface area contributed by atoms with E-state index in [1.54, 1.807) is 17.9 Å². The van der Waals surface area contributed by atoms with Gasteiger partial charge in [-0.05, 0) is 25.3 Å². The molecule has 0 aliphatic carbocycles. The van der Waals surface area contributed by atoms with Gasteiger partial charge in [-0.15, -0.1) is 12.4 Å². The smallest absolute Gasteiger partial charge is 0.270 e. The van der Waals surface area contributed by atoms with E-state index < -0.39 is 4.92 Å². The number of carbonyl (C=O) groups is 1. The summed E-state index contributed by atoms with van der Waals surface area (Å²) in [5.74, 6) is -0.145. The van der Waals surface area contributed by atoms with Crippen LogP contribution < -0.4 is 5.73 Å². The number of nitro benzene ring substituents is 1. The second kappa shape index (κ2) is 6.67. The zero-order valence-electron chi connectivity index (χ0n) is 11.2. The van der Waals surface area contributed by atoms with E-state index in [1.165, 1.54) is 12.1 Å². The van der Waals surface area contributed by atoms with Crippen LogP contribution in [0.2, 0.25) is 0 Å². The van der Waals surface area contributed by atoms with Gasteiger partial charge in [0, 0.05) is 36.8 Å². The summed E-state index contributed by atoms with van der Waals surface area (Å²) in [5, 5.41) is 10.8. The number of nitrogens with zero attached hydrogens (tertiary/aromatic N) is 2. The predicted molar refractivity (Wildman–Crippen MR) is 78.2 cm³/mol. The second-order valence-electron chi connectivity index (χ2n) is 4.89. The van der Waals surface area contributed by atoms with Crippen LogP contribution in [0, 0.1) is 17.0 Å². The number of piperidine rings is 1. The molecule has 2 N–H and O–H groups in total. The molecule has 1 aromatic rings. The Bertz CT molecular complexity index is 514. The Labute approximate surface area is 123 Å². The quantitative estimate of drug-likeness (QED) is 0.667. The van der Waals surface area contributed by atoms with Crippen molar-refractivity contribution in [1.29, 1.82) is 0 Å². The minimum atomic E-state index is -0.484. The van der Waals surface area contributed by atoms with Crippen molar-refractivity contribution in [2.45, 2.75) is 25.8 Å². The normalized spacial score (nSPS) is 15.6. The van der Waals surface area contributed by atoms with Gasteiger partial charge in [-0.1, -0.05) is 6.07 Å². The maximum atomic E-state index is 12.4. The number of likely N-dealkylation sites (tertiary alicyclic amines) is 1. The van der Waals surface area contributed by atoms with Crippen molar-refractivity contribution in [3.8, 4) is 0 Å². The van der Waals surface area contributed by atoms with Gasteiger partial charge in [0.15, 0.2) is 0 Å². The highest BCUT2D eigenvalue weighted by atomic mass is 35.5. The molecule has 0 unspecified atom stereocenters. The molecule has 0 atom stereocenters. The van der Waals surface area contributed by atoms with Crippen molar-refractivity contribution in [3.05, 3.63) is 39.4 Å². The fourth-order valence-electron chi connectivity index (χ4n) is 2.23. The molecule has 1 fully saturated rings. The monoisotopic (exact) mass is 299 g/mol. The summed E-state index contributed by atoms with van der Waals surface area (Å²) < 4.78 is 0. The second-order valence-corrected chi connectivity index (χ2v) is 4.89. The minimum absolute atomic E-state index is 0. The van der Waals surface area contributed by atoms with E-state index >= 15 is 0 Å². The summed E-state index contributed by atoms with van der Waals surface area (Å²) in [6.45, 7) is 3.01. The first-order valence-electron chi connectivity index (χ1n) is 6.29. The molecule has 1 aromatic carbocycles. The van der Waals surface area contributed by atoms with Crippen LogP contribution in [0.25, 0.3) is 0 Å². The Morgan fingerprint density at radius 3 is 2.55 bits per heavy atom. The average Bonchev–Trinajstić information content (AvgIpc) is 2.39. The van der Waals surface area contributed by atoms with Crippen molar-refractivity contribution >= 4 is 24.0 Å². The molecule has 6 nitrogen and oxygen atoms in total. The lowest BCUT2D eigenvalue weighted by Crippen LogP contribution is -2.43. The molecule has 7 heteroatoms. The van der Waals surface area contributed by atoms with E-state index in [4.69, 9.17) is 5.73 Å². The van der Waals surface area contributed by atoms with Crippen LogP contribution in [-0.2, 0) is 0 Å². The van der Waals surface area contributed by atoms with Crippen molar-refractivity contribution in [1.82, 2.24) is 4.90 Å². The molecular formula is C13H18ClN3O3. The van der Waals surface area contributed by atoms with E-state index in [1.807, 2.05) is 0 Å². The number of hydrogen-bond donors (Lipinski definition) is 1. The lowest BCUT2D eigenvalue weighted by atomic mass is 10.0. The zero-order valence-corrected chi connectivity index (χ0v) is 12.1. The number of nitrogens with two attached hydrogens (primary N) is 1. The highest BCUT2D eigenvalue weighted by Gasteiger charge is 2.24. The van der Waals surface area contributed by atoms with Gasteiger partial charge in [0.1, 0.15) is 0 Å². The molecule has 1 heterocycles. The Balaban J connectivity index is 0.00000200. The number of amides is 1. The fourth-order valence-corrected chi connectivity index (χ4v) is 2.23. The van der Waals surface area contributed by atoms with E-state index in [0.29, 0.717) is 18.7 Å². The molecule has 20 heavy (non-hydrogen) atoms. The van der Waals surface area contributed by atoms with Gasteiger partial charge in [0.05, 0.1) is 4.92 Å². The summed E-state index contributed by atoms with van der Waals surface area (Å²) in [6, 6.07) is 4.53. The molecule has 0 saturated carbocycles. The Hall–Kier alpha value is -1.66. The Kier molecular flexibility index (Phi) is 5.47. The summed E-state index contributed by atoms with van der Waals surface area (Å²) >= 11 is 0. The van der Waals surface area contributed by atoms with Gasteiger partial charge in [0.25, 0.3) is 11.6 Å². The summed E-state index contributed by atoms with van der Waals surface area (Å²) in [4.78, 5) is 24.4. The van der Waals surface area contributed by atoms with E-state index in [0.717, 1.165) is 18.4 Å². The fraction of sp³-hybridized carbons (Fsp3) is 0.462. The first-order chi connectivity index (χ1) is 8.99. The number of carbonyl (C=O) groups excluding carboxylic acids is 1. The van der Waals surface area contributed by atoms with Crippen LogP contribution in [-0.4, -0.2) is 34.9 Å². The zero-order chi connectivity index (χ0) is 14.0. The largest absolute Gasteiger partial charge is 0.339 e. The average molecular weight is 300 g/mol. The van der Waals surface area contributed by atoms with Gasteiger partial charge in [-0.2, -0.15) is 0 Å². The Morgan fingerprint density at radius 1 is 1.40 bits per heavy atom. The van der Waals surface area contributed by atoms with Crippen LogP contribution in [0.15, 0.2) is 18.2 Å². The molecule has 0 bridgehead atoms. The molecule has 1 aliphatic rings. The molecule has 0 radical (unpaired) electrons. The van der Waals surface area contributed by atoms with Gasteiger partial charge in [-0.3, -0.25) is 14.9 Å². The van der Waals surface area contributed by atoms with Gasteiger partial charge in [-0.25, -0.2) is 0 Å². The van der Waals surface area contributed by atoms with Crippen LogP contribution in [0.4, 0.5) is 5.69 Å². The lowest BCUT2D eigenvalue weighted by Gasteiger charge is -2.30. The first-order valence-corrected chi connectivity index (χ1v) is 6.29. The predicted octanol–water partition coefficient (Wildman–Crippen LogP) is 1.89. The van der Waals surface area contributed by atoms with Crippen molar-refractivity contribution < 1.29 is 9.72 Å². The first kappa shape index (κ1) is 16.4. The van der Waals surface area contributed by atoms with Crippen molar-refractivity contribution in [2.24, 2.45) is 5.73 Å². The van der Waals surface area contributed by atoms with Crippen molar-refractivity contribution in [3.63, 3.8) is 0 Å². The third kappa shape index (κ3) is 3.46. The van der Waals surface area contributed by atoms with Crippen LogP contribution in [0.3, 0.4) is 0 Å². The number of benzene rings is 1. The van der Waals surface area contributed by atoms with E-state index in [2.05, 4.69) is 0 Å². The highest BCUT2D eigenvalue weighted by Crippen LogP contribution is 2.20.